The summed E-state index contributed by atoms with van der Waals surface area (Å²) in [7, 11) is 2.00. The number of likely N-dealkylation sites (tertiary alicyclic amines) is 1. The second-order valence-electron chi connectivity index (χ2n) is 12.3. The van der Waals surface area contributed by atoms with Crippen molar-refractivity contribution < 1.29 is 43.7 Å². The van der Waals surface area contributed by atoms with Crippen LogP contribution in [0.5, 0.6) is 11.5 Å². The van der Waals surface area contributed by atoms with Crippen molar-refractivity contribution in [3.8, 4) is 11.5 Å². The molecule has 4 atom stereocenters. The van der Waals surface area contributed by atoms with Crippen LogP contribution in [0.1, 0.15) is 56.2 Å². The van der Waals surface area contributed by atoms with Gasteiger partial charge < -0.3 is 29.4 Å². The van der Waals surface area contributed by atoms with E-state index in [4.69, 9.17) is 19.2 Å². The highest BCUT2D eigenvalue weighted by atomic mass is 127. The molecule has 2 aliphatic heterocycles. The first-order valence-electron chi connectivity index (χ1n) is 15.9. The lowest BCUT2D eigenvalue weighted by molar-refractivity contribution is -0.141. The van der Waals surface area contributed by atoms with Crippen LogP contribution in [-0.2, 0) is 23.8 Å². The number of aromatic nitrogens is 1. The average Bonchev–Trinajstić information content (AvgIpc) is 3.29. The highest BCUT2D eigenvalue weighted by molar-refractivity contribution is 14.1. The van der Waals surface area contributed by atoms with Crippen molar-refractivity contribution in [3.05, 3.63) is 62.5 Å². The van der Waals surface area contributed by atoms with Crippen LogP contribution in [0.4, 0.5) is 0 Å². The number of amides is 2. The van der Waals surface area contributed by atoms with Crippen LogP contribution >= 0.6 is 22.6 Å². The molecule has 3 N–H and O–H groups in total. The summed E-state index contributed by atoms with van der Waals surface area (Å²) in [4.78, 5) is 44.2. The predicted octanol–water partition coefficient (Wildman–Crippen LogP) is 4.81. The number of carboxylic acid groups (broad SMARTS) is 1. The Kier molecular flexibility index (Phi) is 11.8. The van der Waals surface area contributed by atoms with Gasteiger partial charge in [-0.3, -0.25) is 24.3 Å². The van der Waals surface area contributed by atoms with E-state index >= 15 is 0 Å². The third-order valence-corrected chi connectivity index (χ3v) is 10.1. The van der Waals surface area contributed by atoms with Gasteiger partial charge in [0.05, 0.1) is 40.9 Å². The van der Waals surface area contributed by atoms with Gasteiger partial charge in [0, 0.05) is 26.3 Å². The largest absolute Gasteiger partial charge is 0.504 e. The molecule has 3 aliphatic rings. The Morgan fingerprint density at radius 3 is 2.66 bits per heavy atom. The first-order chi connectivity index (χ1) is 22.6. The molecule has 5 rings (SSSR count). The van der Waals surface area contributed by atoms with Gasteiger partial charge in [-0.1, -0.05) is 12.5 Å². The number of fused-ring (bicyclic) bond motifs is 3. The fourth-order valence-corrected chi connectivity index (χ4v) is 7.85. The summed E-state index contributed by atoms with van der Waals surface area (Å²) in [5.41, 5.74) is 4.38. The number of unbranched alkanes of at least 4 members (excludes halogenated alkanes) is 2. The maximum atomic E-state index is 13.8. The van der Waals surface area contributed by atoms with Crippen LogP contribution < -0.4 is 4.74 Å². The third kappa shape index (κ3) is 7.90. The lowest BCUT2D eigenvalue weighted by Crippen LogP contribution is -2.46. The molecule has 3 heterocycles. The van der Waals surface area contributed by atoms with E-state index < -0.39 is 31.0 Å². The number of imide groups is 1. The number of nitrogens with zero attached hydrogens (tertiary/aromatic N) is 2. The van der Waals surface area contributed by atoms with Crippen molar-refractivity contribution in [1.29, 1.82) is 0 Å². The number of hydrogen-bond donors (Lipinski definition) is 3. The molecule has 2 fully saturated rings. The minimum absolute atomic E-state index is 0.0574. The van der Waals surface area contributed by atoms with E-state index in [1.165, 1.54) is 12.0 Å². The fourth-order valence-electron chi connectivity index (χ4n) is 7.23. The third-order valence-electron chi connectivity index (χ3n) is 9.27. The number of carboxylic acids is 1. The van der Waals surface area contributed by atoms with Crippen LogP contribution in [0.3, 0.4) is 0 Å². The number of phenolic OH excluding ortho intramolecular Hbond substituents is 1. The van der Waals surface area contributed by atoms with E-state index in [1.807, 2.05) is 30.3 Å². The number of allylic oxidation sites excluding steroid dienone is 1. The monoisotopic (exact) mass is 758 g/mol. The normalized spacial score (nSPS) is 22.9. The molecule has 0 unspecified atom stereocenters. The van der Waals surface area contributed by atoms with E-state index in [0.717, 1.165) is 28.0 Å². The zero-order valence-electron chi connectivity index (χ0n) is 26.6. The van der Waals surface area contributed by atoms with Crippen molar-refractivity contribution >= 4 is 59.1 Å². The first-order valence-corrected chi connectivity index (χ1v) is 17.0. The molecule has 13 heteroatoms. The molecule has 250 valence electrons. The quantitative estimate of drug-likeness (QED) is 0.0804. The molecule has 1 aromatic heterocycles. The summed E-state index contributed by atoms with van der Waals surface area (Å²) in [5, 5.41) is 30.2. The standard InChI is InChI=1S/C34H40BIN2O9/c1-45-19-22-17-23-31(34(43)38(33(23)42)13-7-3-4-9-29(39)40)24-18-35(44)47-27(30(22)24)11-10-21(26-8-5-6-12-37-26)14-20-15-25(36)32(41)28(16-20)46-2/h5-6,8,12,14-16,23-24,27,31,41,44H,3-4,7,9-11,13,17-19H2,1-2H3,(H,39,40)/b21-14-/t23-,24+,27-,31-/m1/s1. The fraction of sp³-hybridized carbons (Fsp3) is 0.471. The molecule has 11 nitrogen and oxygen atoms in total. The van der Waals surface area contributed by atoms with Crippen LogP contribution in [0.2, 0.25) is 6.32 Å². The van der Waals surface area contributed by atoms with Crippen LogP contribution in [-0.4, -0.2) is 83.5 Å². The number of hydrogen-bond acceptors (Lipinski definition) is 9. The summed E-state index contributed by atoms with van der Waals surface area (Å²) < 4.78 is 17.8. The highest BCUT2D eigenvalue weighted by Crippen LogP contribution is 2.51. The van der Waals surface area contributed by atoms with Crippen molar-refractivity contribution in [2.45, 2.75) is 57.4 Å². The number of ether oxygens (including phenoxy) is 2. The lowest BCUT2D eigenvalue weighted by atomic mass is 9.58. The Bertz CT molecular complexity index is 1550. The number of aromatic hydroxyl groups is 1. The zero-order valence-corrected chi connectivity index (χ0v) is 28.7. The van der Waals surface area contributed by atoms with Crippen molar-refractivity contribution in [3.63, 3.8) is 0 Å². The second kappa shape index (κ2) is 15.8. The van der Waals surface area contributed by atoms with Crippen molar-refractivity contribution in [2.75, 3.05) is 27.4 Å². The Morgan fingerprint density at radius 1 is 1.15 bits per heavy atom. The summed E-state index contributed by atoms with van der Waals surface area (Å²) in [6.45, 7) is 0.546. The van der Waals surface area contributed by atoms with Gasteiger partial charge in [0.25, 0.3) is 0 Å². The molecule has 2 aromatic rings. The van der Waals surface area contributed by atoms with Gasteiger partial charge in [0.2, 0.25) is 11.8 Å². The smallest absolute Gasteiger partial charge is 0.455 e. The molecule has 0 spiro atoms. The average molecular weight is 758 g/mol. The SMILES string of the molecule is COCC1=C2[C@@H](CC/C(=C/c3cc(I)c(O)c(OC)c3)c3ccccn3)OB(O)C[C@@H]2[C@@H]2C(=O)N(CCCCCC(=O)O)C(=O)[C@@H]2C1. The van der Waals surface area contributed by atoms with Crippen LogP contribution in [0.15, 0.2) is 47.7 Å². The molecule has 2 saturated heterocycles. The number of phenols is 1. The maximum Gasteiger partial charge on any atom is 0.455 e. The van der Waals surface area contributed by atoms with Gasteiger partial charge in [0.1, 0.15) is 0 Å². The van der Waals surface area contributed by atoms with Crippen molar-refractivity contribution in [1.82, 2.24) is 9.88 Å². The molecule has 1 aliphatic carbocycles. The minimum Gasteiger partial charge on any atom is -0.504 e. The number of carbonyl (C=O) groups is 3. The van der Waals surface area contributed by atoms with E-state index in [1.54, 1.807) is 19.4 Å². The summed E-state index contributed by atoms with van der Waals surface area (Å²) >= 11 is 2.06. The first kappa shape index (κ1) is 35.1. The Morgan fingerprint density at radius 2 is 1.96 bits per heavy atom. The predicted molar refractivity (Wildman–Crippen MR) is 183 cm³/mol. The Hall–Kier alpha value is -3.27. The molecule has 2 amide bonds. The van der Waals surface area contributed by atoms with Gasteiger partial charge in [-0.25, -0.2) is 0 Å². The molecule has 0 saturated carbocycles. The molecule has 1 aromatic carbocycles. The number of halogens is 1. The van der Waals surface area contributed by atoms with Gasteiger partial charge in [-0.2, -0.15) is 0 Å². The maximum absolute atomic E-state index is 13.8. The van der Waals surface area contributed by atoms with Gasteiger partial charge in [-0.05, 0) is 120 Å². The van der Waals surface area contributed by atoms with Crippen LogP contribution in [0, 0.1) is 21.3 Å². The number of methoxy groups -OCH3 is 2. The summed E-state index contributed by atoms with van der Waals surface area (Å²) in [5.74, 6) is -2.34. The number of rotatable bonds is 14. The summed E-state index contributed by atoms with van der Waals surface area (Å²) in [6.07, 6.45) is 6.51. The van der Waals surface area contributed by atoms with Crippen LogP contribution in [0.25, 0.3) is 11.6 Å². The molecule has 47 heavy (non-hydrogen) atoms. The molecule has 0 radical (unpaired) electrons. The lowest BCUT2D eigenvalue weighted by Gasteiger charge is -2.43. The van der Waals surface area contributed by atoms with Gasteiger partial charge >= 0.3 is 13.1 Å². The van der Waals surface area contributed by atoms with Crippen molar-refractivity contribution in [2.24, 2.45) is 17.8 Å². The van der Waals surface area contributed by atoms with E-state index in [0.29, 0.717) is 47.8 Å². The van der Waals surface area contributed by atoms with Gasteiger partial charge in [0.15, 0.2) is 11.5 Å². The zero-order chi connectivity index (χ0) is 33.7. The minimum atomic E-state index is -1.10. The van der Waals surface area contributed by atoms with E-state index in [9.17, 15) is 24.5 Å². The second-order valence-corrected chi connectivity index (χ2v) is 13.4. The Labute approximate surface area is 288 Å². The topological polar surface area (TPSA) is 156 Å². The van der Waals surface area contributed by atoms with E-state index in [2.05, 4.69) is 27.6 Å². The number of benzene rings is 1. The number of pyridine rings is 1. The number of carbonyl (C=O) groups excluding carboxylic acids is 2. The molecule has 0 bridgehead atoms. The number of aliphatic carboxylic acids is 1. The van der Waals surface area contributed by atoms with Gasteiger partial charge in [-0.15, -0.1) is 0 Å². The summed E-state index contributed by atoms with van der Waals surface area (Å²) in [6, 6.07) is 9.30. The van der Waals surface area contributed by atoms with E-state index in [-0.39, 0.29) is 49.4 Å². The molecular weight excluding hydrogens is 718 g/mol. The molecular formula is C34H40BIN2O9. The highest BCUT2D eigenvalue weighted by Gasteiger charge is 2.57. The Balaban J connectivity index is 1.41.